The largest absolute Gasteiger partial charge is 0.356 e. The molecule has 0 heterocycles. The molecule has 0 aromatic heterocycles. The number of carbonyl (C=O) groups is 1. The summed E-state index contributed by atoms with van der Waals surface area (Å²) in [5, 5.41) is 2.86. The van der Waals surface area contributed by atoms with E-state index in [2.05, 4.69) is 5.32 Å². The first-order valence-electron chi connectivity index (χ1n) is 5.39. The summed E-state index contributed by atoms with van der Waals surface area (Å²) in [6, 6.07) is 0.194. The number of rotatable bonds is 8. The van der Waals surface area contributed by atoms with Crippen molar-refractivity contribution in [2.45, 2.75) is 45.1 Å². The molecule has 0 saturated heterocycles. The normalized spacial score (nSPS) is 12.5. The second-order valence-corrected chi connectivity index (χ2v) is 3.72. The zero-order chi connectivity index (χ0) is 10.8. The first-order chi connectivity index (χ1) is 6.66. The lowest BCUT2D eigenvalue weighted by atomic mass is 10.1. The van der Waals surface area contributed by atoms with Crippen LogP contribution in [0.1, 0.15) is 39.0 Å². The van der Waals surface area contributed by atoms with Gasteiger partial charge in [-0.3, -0.25) is 4.79 Å². The predicted octanol–water partition coefficient (Wildman–Crippen LogP) is 0.359. The highest BCUT2D eigenvalue weighted by Crippen LogP contribution is 1.98. The van der Waals surface area contributed by atoms with E-state index in [1.165, 1.54) is 0 Å². The van der Waals surface area contributed by atoms with Gasteiger partial charge in [-0.15, -0.1) is 0 Å². The van der Waals surface area contributed by atoms with Crippen molar-refractivity contribution in [2.75, 3.05) is 13.1 Å². The molecular weight excluding hydrogens is 178 g/mol. The third-order valence-corrected chi connectivity index (χ3v) is 2.02. The van der Waals surface area contributed by atoms with Crippen molar-refractivity contribution >= 4 is 5.91 Å². The van der Waals surface area contributed by atoms with Crippen LogP contribution in [-0.4, -0.2) is 25.0 Å². The second kappa shape index (κ2) is 8.97. The Morgan fingerprint density at radius 2 is 2.07 bits per heavy atom. The number of nitrogens with two attached hydrogens (primary N) is 2. The first kappa shape index (κ1) is 13.4. The van der Waals surface area contributed by atoms with Gasteiger partial charge in [0.1, 0.15) is 0 Å². The van der Waals surface area contributed by atoms with Crippen LogP contribution in [0.4, 0.5) is 0 Å². The van der Waals surface area contributed by atoms with Gasteiger partial charge in [0.2, 0.25) is 5.91 Å². The van der Waals surface area contributed by atoms with E-state index in [9.17, 15) is 4.79 Å². The molecule has 1 atom stereocenters. The number of nitrogens with one attached hydrogen (secondary N) is 1. The molecule has 0 saturated carbocycles. The number of amides is 1. The van der Waals surface area contributed by atoms with Gasteiger partial charge < -0.3 is 16.8 Å². The summed E-state index contributed by atoms with van der Waals surface area (Å²) < 4.78 is 0. The fraction of sp³-hybridized carbons (Fsp3) is 0.900. The van der Waals surface area contributed by atoms with E-state index in [1.54, 1.807) is 0 Å². The number of carbonyl (C=O) groups excluding carboxylic acids is 1. The quantitative estimate of drug-likeness (QED) is 0.496. The summed E-state index contributed by atoms with van der Waals surface area (Å²) in [5.74, 6) is 0.127. The molecule has 4 heteroatoms. The molecule has 0 aliphatic carbocycles. The van der Waals surface area contributed by atoms with Crippen molar-refractivity contribution in [3.8, 4) is 0 Å². The smallest absolute Gasteiger partial charge is 0.219 e. The van der Waals surface area contributed by atoms with Crippen LogP contribution >= 0.6 is 0 Å². The fourth-order valence-corrected chi connectivity index (χ4v) is 1.17. The predicted molar refractivity (Wildman–Crippen MR) is 58.8 cm³/mol. The van der Waals surface area contributed by atoms with E-state index >= 15 is 0 Å². The van der Waals surface area contributed by atoms with Gasteiger partial charge in [-0.2, -0.15) is 0 Å². The molecule has 0 spiro atoms. The Labute approximate surface area is 86.4 Å². The third kappa shape index (κ3) is 9.48. The lowest BCUT2D eigenvalue weighted by Gasteiger charge is -2.06. The molecule has 84 valence electrons. The lowest BCUT2D eigenvalue weighted by molar-refractivity contribution is -0.121. The highest BCUT2D eigenvalue weighted by molar-refractivity contribution is 5.75. The van der Waals surface area contributed by atoms with Crippen LogP contribution in [0.2, 0.25) is 0 Å². The third-order valence-electron chi connectivity index (χ3n) is 2.02. The summed E-state index contributed by atoms with van der Waals surface area (Å²) in [4.78, 5) is 11.2. The van der Waals surface area contributed by atoms with Crippen molar-refractivity contribution in [3.05, 3.63) is 0 Å². The minimum atomic E-state index is 0.127. The fourth-order valence-electron chi connectivity index (χ4n) is 1.17. The summed E-state index contributed by atoms with van der Waals surface area (Å²) in [7, 11) is 0. The van der Waals surface area contributed by atoms with Gasteiger partial charge >= 0.3 is 0 Å². The average molecular weight is 201 g/mol. The van der Waals surface area contributed by atoms with E-state index in [0.29, 0.717) is 13.0 Å². The zero-order valence-corrected chi connectivity index (χ0v) is 9.09. The summed E-state index contributed by atoms with van der Waals surface area (Å²) in [5.41, 5.74) is 10.9. The highest BCUT2D eigenvalue weighted by Gasteiger charge is 2.01. The average Bonchev–Trinajstić information content (AvgIpc) is 2.12. The van der Waals surface area contributed by atoms with Crippen molar-refractivity contribution < 1.29 is 4.79 Å². The van der Waals surface area contributed by atoms with Crippen LogP contribution in [0.15, 0.2) is 0 Å². The molecule has 14 heavy (non-hydrogen) atoms. The molecule has 0 aliphatic heterocycles. The van der Waals surface area contributed by atoms with E-state index in [0.717, 1.165) is 32.2 Å². The Morgan fingerprint density at radius 1 is 1.36 bits per heavy atom. The topological polar surface area (TPSA) is 81.1 Å². The van der Waals surface area contributed by atoms with E-state index in [4.69, 9.17) is 11.5 Å². The summed E-state index contributed by atoms with van der Waals surface area (Å²) in [6.07, 6.45) is 4.32. The van der Waals surface area contributed by atoms with Crippen LogP contribution in [-0.2, 0) is 4.79 Å². The van der Waals surface area contributed by atoms with Gasteiger partial charge in [0.15, 0.2) is 0 Å². The van der Waals surface area contributed by atoms with Crippen molar-refractivity contribution in [1.82, 2.24) is 5.32 Å². The number of hydrogen-bond donors (Lipinski definition) is 3. The van der Waals surface area contributed by atoms with Crippen LogP contribution in [0.5, 0.6) is 0 Å². The Balaban J connectivity index is 3.20. The van der Waals surface area contributed by atoms with Crippen LogP contribution in [0.25, 0.3) is 0 Å². The lowest BCUT2D eigenvalue weighted by Crippen LogP contribution is -2.25. The molecule has 0 fully saturated rings. The standard InChI is InChI=1S/C10H23N3O/c1-9(12)5-4-6-10(14)13-8-3-2-7-11/h9H,2-8,11-12H2,1H3,(H,13,14). The molecule has 0 aromatic carbocycles. The molecule has 0 bridgehead atoms. The first-order valence-corrected chi connectivity index (χ1v) is 5.39. The molecule has 0 radical (unpaired) electrons. The van der Waals surface area contributed by atoms with Crippen LogP contribution in [0, 0.1) is 0 Å². The monoisotopic (exact) mass is 201 g/mol. The van der Waals surface area contributed by atoms with E-state index in [1.807, 2.05) is 6.92 Å². The molecule has 4 nitrogen and oxygen atoms in total. The van der Waals surface area contributed by atoms with E-state index < -0.39 is 0 Å². The van der Waals surface area contributed by atoms with Gasteiger partial charge in [0, 0.05) is 19.0 Å². The Kier molecular flexibility index (Phi) is 8.57. The van der Waals surface area contributed by atoms with Gasteiger partial charge in [-0.25, -0.2) is 0 Å². The zero-order valence-electron chi connectivity index (χ0n) is 9.09. The molecule has 0 rings (SSSR count). The number of unbranched alkanes of at least 4 members (excludes halogenated alkanes) is 1. The minimum absolute atomic E-state index is 0.127. The maximum absolute atomic E-state index is 11.2. The number of hydrogen-bond acceptors (Lipinski definition) is 3. The minimum Gasteiger partial charge on any atom is -0.356 e. The van der Waals surface area contributed by atoms with Gasteiger partial charge in [-0.05, 0) is 39.2 Å². The molecule has 0 aliphatic rings. The molecule has 5 N–H and O–H groups in total. The van der Waals surface area contributed by atoms with Gasteiger partial charge in [0.05, 0.1) is 0 Å². The van der Waals surface area contributed by atoms with Crippen molar-refractivity contribution in [3.63, 3.8) is 0 Å². The summed E-state index contributed by atoms with van der Waals surface area (Å²) in [6.45, 7) is 3.40. The van der Waals surface area contributed by atoms with Crippen molar-refractivity contribution in [1.29, 1.82) is 0 Å². The molecule has 1 amide bonds. The Bertz CT molecular complexity index is 148. The Hall–Kier alpha value is -0.610. The second-order valence-electron chi connectivity index (χ2n) is 3.72. The highest BCUT2D eigenvalue weighted by atomic mass is 16.1. The van der Waals surface area contributed by atoms with Crippen LogP contribution < -0.4 is 16.8 Å². The van der Waals surface area contributed by atoms with E-state index in [-0.39, 0.29) is 11.9 Å². The van der Waals surface area contributed by atoms with Crippen molar-refractivity contribution in [2.24, 2.45) is 11.5 Å². The Morgan fingerprint density at radius 3 is 2.64 bits per heavy atom. The SMILES string of the molecule is CC(N)CCCC(=O)NCCCCN. The maximum Gasteiger partial charge on any atom is 0.219 e. The van der Waals surface area contributed by atoms with Gasteiger partial charge in [-0.1, -0.05) is 0 Å². The molecular formula is C10H23N3O. The van der Waals surface area contributed by atoms with Crippen LogP contribution in [0.3, 0.4) is 0 Å². The van der Waals surface area contributed by atoms with Gasteiger partial charge in [0.25, 0.3) is 0 Å². The summed E-state index contributed by atoms with van der Waals surface area (Å²) >= 11 is 0. The molecule has 1 unspecified atom stereocenters. The maximum atomic E-state index is 11.2. The molecule has 0 aromatic rings.